The van der Waals surface area contributed by atoms with Gasteiger partial charge in [-0.3, -0.25) is 4.79 Å². The summed E-state index contributed by atoms with van der Waals surface area (Å²) in [5.74, 6) is 5.96. The number of anilines is 1. The largest absolute Gasteiger partial charge is 0.342 e. The molecule has 9 nitrogen and oxygen atoms in total. The molecule has 0 unspecified atom stereocenters. The quantitative estimate of drug-likeness (QED) is 0.482. The van der Waals surface area contributed by atoms with E-state index in [1.807, 2.05) is 0 Å². The summed E-state index contributed by atoms with van der Waals surface area (Å²) in [4.78, 5) is 15.6. The second-order valence-corrected chi connectivity index (χ2v) is 3.37. The Morgan fingerprint density at radius 2 is 2.28 bits per heavy atom. The van der Waals surface area contributed by atoms with E-state index in [0.29, 0.717) is 17.5 Å². The molecule has 94 valence electrons. The topological polar surface area (TPSA) is 132 Å². The maximum absolute atomic E-state index is 11.7. The number of hydrogen-bond donors (Lipinski definition) is 3. The minimum Gasteiger partial charge on any atom is -0.342 e. The van der Waals surface area contributed by atoms with Gasteiger partial charge in [-0.15, -0.1) is 10.2 Å². The molecule has 0 aliphatic rings. The van der Waals surface area contributed by atoms with Crippen LogP contribution in [0.4, 0.5) is 5.82 Å². The highest BCUT2D eigenvalue weighted by Crippen LogP contribution is 2.00. The highest BCUT2D eigenvalue weighted by molar-refractivity contribution is 5.92. The lowest BCUT2D eigenvalue weighted by atomic mass is 10.3. The number of nitrogen functional groups attached to an aromatic ring is 1. The van der Waals surface area contributed by atoms with Crippen molar-refractivity contribution in [3.8, 4) is 0 Å². The molecular formula is C9H11N7O2. The predicted molar refractivity (Wildman–Crippen MR) is 60.0 cm³/mol. The van der Waals surface area contributed by atoms with Crippen LogP contribution in [-0.4, -0.2) is 26.2 Å². The van der Waals surface area contributed by atoms with Crippen molar-refractivity contribution in [3.05, 3.63) is 29.5 Å². The van der Waals surface area contributed by atoms with Gasteiger partial charge in [-0.25, -0.2) is 5.84 Å². The molecule has 0 bridgehead atoms. The summed E-state index contributed by atoms with van der Waals surface area (Å²) in [6, 6.07) is 3.04. The molecule has 2 heterocycles. The van der Waals surface area contributed by atoms with Gasteiger partial charge in [0, 0.05) is 0 Å². The normalized spacial score (nSPS) is 10.1. The van der Waals surface area contributed by atoms with E-state index in [1.165, 1.54) is 6.07 Å². The van der Waals surface area contributed by atoms with Crippen LogP contribution in [0.1, 0.15) is 22.2 Å². The standard InChI is InChI=1S/C9H11N7O2/c1-5-12-8(18-16-5)4-11-9(17)6-2-3-7(13-10)15-14-6/h2-3H,4,10H2,1H3,(H,11,17)(H,13,15). The number of aryl methyl sites for hydroxylation is 1. The number of nitrogens with zero attached hydrogens (tertiary/aromatic N) is 4. The van der Waals surface area contributed by atoms with Gasteiger partial charge in [-0.2, -0.15) is 4.98 Å². The number of hydrogen-bond acceptors (Lipinski definition) is 8. The summed E-state index contributed by atoms with van der Waals surface area (Å²) in [7, 11) is 0. The van der Waals surface area contributed by atoms with E-state index in [0.717, 1.165) is 0 Å². The van der Waals surface area contributed by atoms with Crippen LogP contribution in [0.5, 0.6) is 0 Å². The maximum atomic E-state index is 11.7. The molecular weight excluding hydrogens is 238 g/mol. The van der Waals surface area contributed by atoms with E-state index in [4.69, 9.17) is 10.4 Å². The van der Waals surface area contributed by atoms with Crippen molar-refractivity contribution in [2.24, 2.45) is 5.84 Å². The Bertz CT molecular complexity index is 536. The van der Waals surface area contributed by atoms with Crippen LogP contribution in [0, 0.1) is 6.92 Å². The van der Waals surface area contributed by atoms with E-state index >= 15 is 0 Å². The number of nitrogens with one attached hydrogen (secondary N) is 2. The van der Waals surface area contributed by atoms with Crippen molar-refractivity contribution in [2.45, 2.75) is 13.5 Å². The van der Waals surface area contributed by atoms with Crippen molar-refractivity contribution in [1.82, 2.24) is 25.7 Å². The van der Waals surface area contributed by atoms with Crippen LogP contribution in [0.3, 0.4) is 0 Å². The molecule has 0 saturated heterocycles. The van der Waals surface area contributed by atoms with Crippen molar-refractivity contribution in [1.29, 1.82) is 0 Å². The predicted octanol–water partition coefficient (Wildman–Crippen LogP) is -0.616. The molecule has 0 fully saturated rings. The highest BCUT2D eigenvalue weighted by Gasteiger charge is 2.10. The summed E-state index contributed by atoms with van der Waals surface area (Å²) >= 11 is 0. The Balaban J connectivity index is 1.94. The summed E-state index contributed by atoms with van der Waals surface area (Å²) in [5.41, 5.74) is 2.49. The Morgan fingerprint density at radius 3 is 2.83 bits per heavy atom. The molecule has 0 atom stereocenters. The van der Waals surface area contributed by atoms with E-state index in [-0.39, 0.29) is 18.1 Å². The Labute approximate surface area is 102 Å². The van der Waals surface area contributed by atoms with Gasteiger partial charge in [0.2, 0.25) is 5.89 Å². The van der Waals surface area contributed by atoms with E-state index in [1.54, 1.807) is 13.0 Å². The highest BCUT2D eigenvalue weighted by atomic mass is 16.5. The van der Waals surface area contributed by atoms with Gasteiger partial charge in [-0.05, 0) is 19.1 Å². The molecule has 0 aliphatic carbocycles. The monoisotopic (exact) mass is 249 g/mol. The fourth-order valence-electron chi connectivity index (χ4n) is 1.19. The SMILES string of the molecule is Cc1noc(CNC(=O)c2ccc(NN)nn2)n1. The first kappa shape index (κ1) is 11.9. The number of amides is 1. The molecule has 0 spiro atoms. The number of carbonyl (C=O) groups is 1. The Hall–Kier alpha value is -2.55. The minimum atomic E-state index is -0.387. The molecule has 2 rings (SSSR count). The van der Waals surface area contributed by atoms with Gasteiger partial charge in [0.15, 0.2) is 17.3 Å². The maximum Gasteiger partial charge on any atom is 0.272 e. The van der Waals surface area contributed by atoms with Crippen LogP contribution in [-0.2, 0) is 6.54 Å². The Morgan fingerprint density at radius 1 is 1.44 bits per heavy atom. The molecule has 0 aliphatic heterocycles. The zero-order chi connectivity index (χ0) is 13.0. The van der Waals surface area contributed by atoms with Crippen molar-refractivity contribution >= 4 is 11.7 Å². The lowest BCUT2D eigenvalue weighted by Crippen LogP contribution is -2.24. The summed E-state index contributed by atoms with van der Waals surface area (Å²) in [6.45, 7) is 1.83. The lowest BCUT2D eigenvalue weighted by Gasteiger charge is -2.01. The molecule has 0 radical (unpaired) electrons. The van der Waals surface area contributed by atoms with Gasteiger partial charge in [0.1, 0.15) is 0 Å². The second-order valence-electron chi connectivity index (χ2n) is 3.37. The zero-order valence-electron chi connectivity index (χ0n) is 9.54. The number of hydrazine groups is 1. The molecule has 2 aromatic heterocycles. The number of aromatic nitrogens is 4. The van der Waals surface area contributed by atoms with Gasteiger partial charge >= 0.3 is 0 Å². The van der Waals surface area contributed by atoms with Gasteiger partial charge in [0.05, 0.1) is 6.54 Å². The smallest absolute Gasteiger partial charge is 0.272 e. The van der Waals surface area contributed by atoms with Crippen molar-refractivity contribution in [2.75, 3.05) is 5.43 Å². The van der Waals surface area contributed by atoms with Gasteiger partial charge < -0.3 is 15.3 Å². The van der Waals surface area contributed by atoms with Crippen LogP contribution >= 0.6 is 0 Å². The van der Waals surface area contributed by atoms with E-state index < -0.39 is 0 Å². The van der Waals surface area contributed by atoms with Crippen LogP contribution in [0.15, 0.2) is 16.7 Å². The molecule has 0 aromatic carbocycles. The molecule has 18 heavy (non-hydrogen) atoms. The number of nitrogens with two attached hydrogens (primary N) is 1. The first-order chi connectivity index (χ1) is 8.69. The van der Waals surface area contributed by atoms with Crippen LogP contribution in [0.25, 0.3) is 0 Å². The fourth-order valence-corrected chi connectivity index (χ4v) is 1.19. The van der Waals surface area contributed by atoms with Crippen LogP contribution < -0.4 is 16.6 Å². The molecule has 2 aromatic rings. The zero-order valence-corrected chi connectivity index (χ0v) is 9.54. The first-order valence-corrected chi connectivity index (χ1v) is 5.07. The van der Waals surface area contributed by atoms with Crippen LogP contribution in [0.2, 0.25) is 0 Å². The average Bonchev–Trinajstić information content (AvgIpc) is 2.82. The average molecular weight is 249 g/mol. The van der Waals surface area contributed by atoms with E-state index in [2.05, 4.69) is 31.1 Å². The van der Waals surface area contributed by atoms with E-state index in [9.17, 15) is 4.79 Å². The van der Waals surface area contributed by atoms with Gasteiger partial charge in [-0.1, -0.05) is 5.16 Å². The summed E-state index contributed by atoms with van der Waals surface area (Å²) < 4.78 is 4.85. The van der Waals surface area contributed by atoms with Crippen molar-refractivity contribution < 1.29 is 9.32 Å². The van der Waals surface area contributed by atoms with Crippen molar-refractivity contribution in [3.63, 3.8) is 0 Å². The molecule has 9 heteroatoms. The third-order valence-corrected chi connectivity index (χ3v) is 2.01. The summed E-state index contributed by atoms with van der Waals surface area (Å²) in [5, 5.41) is 13.6. The fraction of sp³-hybridized carbons (Fsp3) is 0.222. The molecule has 4 N–H and O–H groups in total. The van der Waals surface area contributed by atoms with Gasteiger partial charge in [0.25, 0.3) is 5.91 Å². The Kier molecular flexibility index (Phi) is 3.44. The summed E-state index contributed by atoms with van der Waals surface area (Å²) in [6.07, 6.45) is 0. The molecule has 0 saturated carbocycles. The third kappa shape index (κ3) is 2.77. The molecule has 1 amide bonds. The lowest BCUT2D eigenvalue weighted by molar-refractivity contribution is 0.0940. The first-order valence-electron chi connectivity index (χ1n) is 5.07. The minimum absolute atomic E-state index is 0.137. The third-order valence-electron chi connectivity index (χ3n) is 2.01. The number of carbonyl (C=O) groups excluding carboxylic acids is 1. The number of rotatable bonds is 4. The second kappa shape index (κ2) is 5.19.